The summed E-state index contributed by atoms with van der Waals surface area (Å²) < 4.78 is 7.18. The normalized spacial score (nSPS) is 21.1. The van der Waals surface area contributed by atoms with Crippen molar-refractivity contribution in [3.05, 3.63) is 45.7 Å². The molecule has 7 heteroatoms. The molecule has 1 fully saturated rings. The first-order chi connectivity index (χ1) is 13.2. The number of anilines is 1. The van der Waals surface area contributed by atoms with Crippen LogP contribution in [-0.2, 0) is 4.79 Å². The van der Waals surface area contributed by atoms with Gasteiger partial charge in [-0.1, -0.05) is 37.8 Å². The zero-order valence-electron chi connectivity index (χ0n) is 15.5. The monoisotopic (exact) mass is 387 g/mol. The predicted molar refractivity (Wildman–Crippen MR) is 108 cm³/mol. The minimum absolute atomic E-state index is 0.0568. The van der Waals surface area contributed by atoms with E-state index in [1.807, 2.05) is 28.9 Å². The van der Waals surface area contributed by atoms with Crippen LogP contribution in [0.1, 0.15) is 60.9 Å². The molecule has 1 saturated carbocycles. The number of nitrogens with one attached hydrogen (secondary N) is 2. The summed E-state index contributed by atoms with van der Waals surface area (Å²) in [7, 11) is 1.63. The highest BCUT2D eigenvalue weighted by Crippen LogP contribution is 2.41. The lowest BCUT2D eigenvalue weighted by molar-refractivity contribution is -0.113. The van der Waals surface area contributed by atoms with Crippen LogP contribution in [0.3, 0.4) is 0 Å². The van der Waals surface area contributed by atoms with Crippen molar-refractivity contribution in [1.82, 2.24) is 9.78 Å². The average Bonchev–Trinajstić information content (AvgIpc) is 2.90. The largest absolute Gasteiger partial charge is 0.497 e. The molecule has 0 bridgehead atoms. The number of aromatic amines is 1. The van der Waals surface area contributed by atoms with Crippen LogP contribution in [-0.4, -0.2) is 28.6 Å². The zero-order chi connectivity index (χ0) is 18.8. The van der Waals surface area contributed by atoms with Gasteiger partial charge in [0.25, 0.3) is 5.56 Å². The van der Waals surface area contributed by atoms with E-state index < -0.39 is 0 Å². The zero-order valence-corrected chi connectivity index (χ0v) is 16.3. The van der Waals surface area contributed by atoms with Crippen LogP contribution < -0.4 is 15.6 Å². The van der Waals surface area contributed by atoms with Crippen molar-refractivity contribution in [3.63, 3.8) is 0 Å². The minimum Gasteiger partial charge on any atom is -0.497 e. The second-order valence-electron chi connectivity index (χ2n) is 7.23. The van der Waals surface area contributed by atoms with E-state index in [4.69, 9.17) is 4.74 Å². The molecule has 1 atom stereocenters. The Kier molecular flexibility index (Phi) is 5.29. The molecule has 6 nitrogen and oxygen atoms in total. The van der Waals surface area contributed by atoms with E-state index in [1.165, 1.54) is 24.6 Å². The molecule has 27 heavy (non-hydrogen) atoms. The molecule has 144 valence electrons. The number of nitrogens with zero attached hydrogens (tertiary/aromatic N) is 1. The molecule has 2 N–H and O–H groups in total. The number of carbonyl (C=O) groups is 1. The molecule has 0 unspecified atom stereocenters. The molecule has 1 aliphatic carbocycles. The van der Waals surface area contributed by atoms with Crippen LogP contribution >= 0.6 is 11.8 Å². The number of fused-ring (bicyclic) bond motifs is 1. The van der Waals surface area contributed by atoms with Crippen molar-refractivity contribution in [3.8, 4) is 5.75 Å². The van der Waals surface area contributed by atoms with Gasteiger partial charge in [0.05, 0.1) is 29.7 Å². The summed E-state index contributed by atoms with van der Waals surface area (Å²) in [4.78, 5) is 25.3. The molecule has 2 heterocycles. The van der Waals surface area contributed by atoms with Crippen LogP contribution in [0.4, 0.5) is 5.82 Å². The Morgan fingerprint density at radius 2 is 1.78 bits per heavy atom. The van der Waals surface area contributed by atoms with Gasteiger partial charge in [0.2, 0.25) is 5.91 Å². The van der Waals surface area contributed by atoms with Gasteiger partial charge in [0.15, 0.2) is 0 Å². The number of rotatable bonds is 3. The molecule has 1 amide bonds. The van der Waals surface area contributed by atoms with Crippen molar-refractivity contribution >= 4 is 23.5 Å². The summed E-state index contributed by atoms with van der Waals surface area (Å²) in [6.07, 6.45) is 6.86. The number of benzene rings is 1. The molecule has 1 aromatic carbocycles. The summed E-state index contributed by atoms with van der Waals surface area (Å²) in [5.41, 5.74) is 1.55. The number of hydrogen-bond donors (Lipinski definition) is 2. The lowest BCUT2D eigenvalue weighted by Crippen LogP contribution is -2.19. The average molecular weight is 388 g/mol. The minimum atomic E-state index is -0.180. The van der Waals surface area contributed by atoms with Crippen LogP contribution in [0.25, 0.3) is 0 Å². The number of H-pyrrole nitrogens is 1. The molecule has 0 saturated heterocycles. The van der Waals surface area contributed by atoms with Gasteiger partial charge in [0, 0.05) is 0 Å². The molecular weight excluding hydrogens is 362 g/mol. The van der Waals surface area contributed by atoms with Crippen molar-refractivity contribution in [2.24, 2.45) is 0 Å². The lowest BCUT2D eigenvalue weighted by atomic mass is 10.1. The van der Waals surface area contributed by atoms with Crippen LogP contribution in [0.5, 0.6) is 5.75 Å². The van der Waals surface area contributed by atoms with Crippen LogP contribution in [0, 0.1) is 0 Å². The fourth-order valence-corrected chi connectivity index (χ4v) is 5.20. The van der Waals surface area contributed by atoms with E-state index in [0.717, 1.165) is 37.0 Å². The Hall–Kier alpha value is -2.15. The van der Waals surface area contributed by atoms with E-state index in [-0.39, 0.29) is 22.8 Å². The quantitative estimate of drug-likeness (QED) is 0.784. The summed E-state index contributed by atoms with van der Waals surface area (Å²) in [6, 6.07) is 7.97. The smallest absolute Gasteiger partial charge is 0.270 e. The molecule has 1 aliphatic heterocycles. The van der Waals surface area contributed by atoms with Gasteiger partial charge in [-0.3, -0.25) is 19.4 Å². The fraction of sp³-hybridized carbons (Fsp3) is 0.500. The second-order valence-corrected chi connectivity index (χ2v) is 8.32. The van der Waals surface area contributed by atoms with Crippen LogP contribution in [0.15, 0.2) is 29.1 Å². The molecular formula is C20H25N3O3S. The topological polar surface area (TPSA) is 76.1 Å². The standard InChI is InChI=1S/C20H25N3O3S/c1-26-15-10-8-13(9-11-15)18-17-19(21-16(24)12-27-18)23(22-20(17)25)14-6-4-2-3-5-7-14/h8-11,14,18H,2-7,12H2,1H3,(H,21,24)(H,22,25)/t18-/m0/s1. The Labute approximate surface area is 162 Å². The van der Waals surface area contributed by atoms with Gasteiger partial charge in [-0.05, 0) is 30.5 Å². The number of ether oxygens (including phenoxy) is 1. The maximum Gasteiger partial charge on any atom is 0.270 e. The van der Waals surface area contributed by atoms with Gasteiger partial charge < -0.3 is 10.1 Å². The first-order valence-electron chi connectivity index (χ1n) is 9.57. The molecule has 2 aliphatic rings. The first-order valence-corrected chi connectivity index (χ1v) is 10.6. The predicted octanol–water partition coefficient (Wildman–Crippen LogP) is 3.86. The Morgan fingerprint density at radius 1 is 1.07 bits per heavy atom. The third-order valence-corrected chi connectivity index (χ3v) is 6.74. The maximum atomic E-state index is 12.9. The fourth-order valence-electron chi connectivity index (χ4n) is 4.08. The number of methoxy groups -OCH3 is 1. The summed E-state index contributed by atoms with van der Waals surface area (Å²) in [5.74, 6) is 1.70. The third kappa shape index (κ3) is 3.65. The number of amides is 1. The molecule has 2 aromatic rings. The summed E-state index contributed by atoms with van der Waals surface area (Å²) >= 11 is 1.49. The van der Waals surface area contributed by atoms with Gasteiger partial charge in [0.1, 0.15) is 11.6 Å². The van der Waals surface area contributed by atoms with Gasteiger partial charge in [-0.2, -0.15) is 0 Å². The Balaban J connectivity index is 1.77. The summed E-state index contributed by atoms with van der Waals surface area (Å²) in [6.45, 7) is 0. The molecule has 1 aromatic heterocycles. The second kappa shape index (κ2) is 7.84. The number of hydrogen-bond acceptors (Lipinski definition) is 4. The maximum absolute atomic E-state index is 12.9. The van der Waals surface area contributed by atoms with E-state index >= 15 is 0 Å². The highest BCUT2D eigenvalue weighted by molar-refractivity contribution is 8.00. The first kappa shape index (κ1) is 18.2. The van der Waals surface area contributed by atoms with E-state index in [9.17, 15) is 9.59 Å². The third-order valence-electron chi connectivity index (χ3n) is 5.47. The molecule has 4 rings (SSSR count). The SMILES string of the molecule is COc1ccc([C@@H]2SCC(=O)Nc3c2c(=O)[nH]n3C2CCCCCC2)cc1. The summed E-state index contributed by atoms with van der Waals surface area (Å²) in [5, 5.41) is 5.85. The molecule has 0 spiro atoms. The van der Waals surface area contributed by atoms with Gasteiger partial charge in [-0.15, -0.1) is 11.8 Å². The van der Waals surface area contributed by atoms with Crippen molar-refractivity contribution in [2.75, 3.05) is 18.2 Å². The van der Waals surface area contributed by atoms with Crippen molar-refractivity contribution in [2.45, 2.75) is 49.8 Å². The number of thioether (sulfide) groups is 1. The number of aromatic nitrogens is 2. The van der Waals surface area contributed by atoms with Crippen LogP contribution in [0.2, 0.25) is 0 Å². The Morgan fingerprint density at radius 3 is 2.44 bits per heavy atom. The van der Waals surface area contributed by atoms with Gasteiger partial charge in [-0.25, -0.2) is 0 Å². The highest BCUT2D eigenvalue weighted by atomic mass is 32.2. The van der Waals surface area contributed by atoms with E-state index in [2.05, 4.69) is 10.4 Å². The van der Waals surface area contributed by atoms with Crippen molar-refractivity contribution in [1.29, 1.82) is 0 Å². The number of carbonyl (C=O) groups excluding carboxylic acids is 1. The van der Waals surface area contributed by atoms with Crippen molar-refractivity contribution < 1.29 is 9.53 Å². The van der Waals surface area contributed by atoms with Gasteiger partial charge >= 0.3 is 0 Å². The lowest BCUT2D eigenvalue weighted by Gasteiger charge is -2.19. The highest BCUT2D eigenvalue weighted by Gasteiger charge is 2.32. The Bertz CT molecular complexity index is 864. The molecule has 0 radical (unpaired) electrons. The van der Waals surface area contributed by atoms with E-state index in [0.29, 0.717) is 17.1 Å². The van der Waals surface area contributed by atoms with E-state index in [1.54, 1.807) is 7.11 Å².